The maximum atomic E-state index is 11.3. The van der Waals surface area contributed by atoms with Crippen molar-refractivity contribution in [3.8, 4) is 0 Å². The van der Waals surface area contributed by atoms with E-state index in [1.807, 2.05) is 0 Å². The van der Waals surface area contributed by atoms with Crippen LogP contribution in [0.5, 0.6) is 0 Å². The first-order chi connectivity index (χ1) is 8.22. The minimum atomic E-state index is -0.327. The van der Waals surface area contributed by atoms with Gasteiger partial charge in [0.2, 0.25) is 5.89 Å². The van der Waals surface area contributed by atoms with Gasteiger partial charge in [0, 0.05) is 5.69 Å². The van der Waals surface area contributed by atoms with Crippen LogP contribution >= 0.6 is 0 Å². The van der Waals surface area contributed by atoms with E-state index in [0.29, 0.717) is 42.4 Å². The summed E-state index contributed by atoms with van der Waals surface area (Å²) in [6.45, 7) is 1.32. The van der Waals surface area contributed by atoms with Crippen molar-refractivity contribution >= 4 is 22.9 Å². The van der Waals surface area contributed by atoms with Gasteiger partial charge in [-0.05, 0) is 18.2 Å². The highest BCUT2D eigenvalue weighted by Crippen LogP contribution is 2.19. The molecule has 17 heavy (non-hydrogen) atoms. The summed E-state index contributed by atoms with van der Waals surface area (Å²) in [6.07, 6.45) is -0.327. The number of anilines is 1. The van der Waals surface area contributed by atoms with E-state index >= 15 is 0 Å². The fraction of sp³-hybridized carbons (Fsp3) is 0.273. The predicted molar refractivity (Wildman–Crippen MR) is 60.2 cm³/mol. The first kappa shape index (κ1) is 9.95. The van der Waals surface area contributed by atoms with E-state index in [2.05, 4.69) is 4.98 Å². The SMILES string of the molecule is Nc1ccc2oc(CN3CCOC3=O)nc2c1. The largest absolute Gasteiger partial charge is 0.448 e. The van der Waals surface area contributed by atoms with Crippen molar-refractivity contribution in [1.29, 1.82) is 0 Å². The molecule has 2 aromatic rings. The smallest absolute Gasteiger partial charge is 0.410 e. The molecule has 6 heteroatoms. The Bertz CT molecular complexity index is 578. The minimum Gasteiger partial charge on any atom is -0.448 e. The third-order valence-corrected chi connectivity index (χ3v) is 2.63. The molecule has 0 spiro atoms. The van der Waals surface area contributed by atoms with Gasteiger partial charge in [-0.25, -0.2) is 9.78 Å². The molecule has 3 rings (SSSR count). The van der Waals surface area contributed by atoms with Crippen LogP contribution in [0.1, 0.15) is 5.89 Å². The second-order valence-corrected chi connectivity index (χ2v) is 3.87. The third kappa shape index (κ3) is 1.77. The molecule has 0 saturated carbocycles. The summed E-state index contributed by atoms with van der Waals surface area (Å²) < 4.78 is 10.3. The average molecular weight is 233 g/mol. The van der Waals surface area contributed by atoms with E-state index in [0.717, 1.165) is 0 Å². The van der Waals surface area contributed by atoms with E-state index < -0.39 is 0 Å². The van der Waals surface area contributed by atoms with Gasteiger partial charge in [0.1, 0.15) is 18.7 Å². The maximum Gasteiger partial charge on any atom is 0.410 e. The minimum absolute atomic E-state index is 0.327. The van der Waals surface area contributed by atoms with Crippen LogP contribution in [0.4, 0.5) is 10.5 Å². The Hall–Kier alpha value is -2.24. The Morgan fingerprint density at radius 2 is 2.35 bits per heavy atom. The van der Waals surface area contributed by atoms with Crippen LogP contribution in [0.25, 0.3) is 11.1 Å². The molecule has 88 valence electrons. The van der Waals surface area contributed by atoms with Crippen molar-refractivity contribution < 1.29 is 13.9 Å². The van der Waals surface area contributed by atoms with Crippen molar-refractivity contribution in [3.63, 3.8) is 0 Å². The Kier molecular flexibility index (Phi) is 2.14. The molecule has 2 heterocycles. The Morgan fingerprint density at radius 1 is 1.47 bits per heavy atom. The molecule has 1 aliphatic heterocycles. The van der Waals surface area contributed by atoms with Crippen molar-refractivity contribution in [2.75, 3.05) is 18.9 Å². The van der Waals surface area contributed by atoms with Crippen molar-refractivity contribution in [2.24, 2.45) is 0 Å². The first-order valence-corrected chi connectivity index (χ1v) is 5.29. The topological polar surface area (TPSA) is 81.6 Å². The zero-order chi connectivity index (χ0) is 11.8. The van der Waals surface area contributed by atoms with Gasteiger partial charge in [0.15, 0.2) is 5.58 Å². The number of amides is 1. The number of nitrogens with two attached hydrogens (primary N) is 1. The van der Waals surface area contributed by atoms with Gasteiger partial charge in [0.05, 0.1) is 6.54 Å². The lowest BCUT2D eigenvalue weighted by Crippen LogP contribution is -2.23. The molecular formula is C11H11N3O3. The maximum absolute atomic E-state index is 11.3. The highest BCUT2D eigenvalue weighted by molar-refractivity contribution is 5.76. The highest BCUT2D eigenvalue weighted by Gasteiger charge is 2.23. The Morgan fingerprint density at radius 3 is 3.12 bits per heavy atom. The van der Waals surface area contributed by atoms with E-state index in [9.17, 15) is 4.79 Å². The number of carbonyl (C=O) groups is 1. The van der Waals surface area contributed by atoms with Crippen molar-refractivity contribution in [2.45, 2.75) is 6.54 Å². The van der Waals surface area contributed by atoms with Crippen LogP contribution in [-0.2, 0) is 11.3 Å². The Balaban J connectivity index is 1.88. The monoisotopic (exact) mass is 233 g/mol. The number of rotatable bonds is 2. The fourth-order valence-electron chi connectivity index (χ4n) is 1.79. The lowest BCUT2D eigenvalue weighted by Gasteiger charge is -2.08. The van der Waals surface area contributed by atoms with Gasteiger partial charge in [-0.2, -0.15) is 0 Å². The summed E-state index contributed by atoms with van der Waals surface area (Å²) in [5.41, 5.74) is 7.66. The Labute approximate surface area is 97.0 Å². The molecule has 0 radical (unpaired) electrons. The second kappa shape index (κ2) is 3.65. The van der Waals surface area contributed by atoms with Crippen molar-refractivity contribution in [3.05, 3.63) is 24.1 Å². The number of hydrogen-bond donors (Lipinski definition) is 1. The third-order valence-electron chi connectivity index (χ3n) is 2.63. The van der Waals surface area contributed by atoms with Crippen LogP contribution in [0.3, 0.4) is 0 Å². The van der Waals surface area contributed by atoms with Gasteiger partial charge >= 0.3 is 6.09 Å². The number of ether oxygens (including phenoxy) is 1. The van der Waals surface area contributed by atoms with Crippen LogP contribution in [0.15, 0.2) is 22.6 Å². The normalized spacial score (nSPS) is 15.5. The quantitative estimate of drug-likeness (QED) is 0.792. The molecule has 0 atom stereocenters. The molecule has 1 saturated heterocycles. The van der Waals surface area contributed by atoms with Crippen LogP contribution < -0.4 is 5.73 Å². The number of carbonyl (C=O) groups excluding carboxylic acids is 1. The summed E-state index contributed by atoms with van der Waals surface area (Å²) in [7, 11) is 0. The van der Waals surface area contributed by atoms with Crippen LogP contribution in [0.2, 0.25) is 0 Å². The zero-order valence-corrected chi connectivity index (χ0v) is 9.05. The molecule has 1 aliphatic rings. The molecule has 1 fully saturated rings. The van der Waals surface area contributed by atoms with Crippen molar-refractivity contribution in [1.82, 2.24) is 9.88 Å². The number of oxazole rings is 1. The van der Waals surface area contributed by atoms with E-state index in [1.165, 1.54) is 0 Å². The number of benzene rings is 1. The predicted octanol–water partition coefficient (Wildman–Crippen LogP) is 1.36. The standard InChI is InChI=1S/C11H11N3O3/c12-7-1-2-9-8(5-7)13-10(17-9)6-14-3-4-16-11(14)15/h1-2,5H,3-4,6,12H2. The number of fused-ring (bicyclic) bond motifs is 1. The average Bonchev–Trinajstić information content (AvgIpc) is 2.85. The molecule has 1 aromatic heterocycles. The van der Waals surface area contributed by atoms with E-state index in [1.54, 1.807) is 23.1 Å². The summed E-state index contributed by atoms with van der Waals surface area (Å²) in [5.74, 6) is 0.490. The lowest BCUT2D eigenvalue weighted by atomic mass is 10.3. The number of nitrogens with zero attached hydrogens (tertiary/aromatic N) is 2. The highest BCUT2D eigenvalue weighted by atomic mass is 16.6. The van der Waals surface area contributed by atoms with E-state index in [4.69, 9.17) is 14.9 Å². The summed E-state index contributed by atoms with van der Waals surface area (Å²) in [4.78, 5) is 17.1. The number of nitrogen functional groups attached to an aromatic ring is 1. The van der Waals surface area contributed by atoms with Gasteiger partial charge in [0.25, 0.3) is 0 Å². The number of aromatic nitrogens is 1. The molecular weight excluding hydrogens is 222 g/mol. The second-order valence-electron chi connectivity index (χ2n) is 3.87. The molecule has 0 aliphatic carbocycles. The van der Waals surface area contributed by atoms with Gasteiger partial charge < -0.3 is 14.9 Å². The summed E-state index contributed by atoms with van der Waals surface area (Å²) in [5, 5.41) is 0. The first-order valence-electron chi connectivity index (χ1n) is 5.29. The zero-order valence-electron chi connectivity index (χ0n) is 9.05. The number of hydrogen-bond acceptors (Lipinski definition) is 5. The van der Waals surface area contributed by atoms with Gasteiger partial charge in [-0.1, -0.05) is 0 Å². The van der Waals surface area contributed by atoms with Gasteiger partial charge in [-0.3, -0.25) is 4.90 Å². The molecule has 1 amide bonds. The van der Waals surface area contributed by atoms with Crippen LogP contribution in [-0.4, -0.2) is 29.1 Å². The van der Waals surface area contributed by atoms with E-state index in [-0.39, 0.29) is 6.09 Å². The molecule has 1 aromatic carbocycles. The fourth-order valence-corrected chi connectivity index (χ4v) is 1.79. The van der Waals surface area contributed by atoms with Crippen LogP contribution in [0, 0.1) is 0 Å². The molecule has 2 N–H and O–H groups in total. The summed E-state index contributed by atoms with van der Waals surface area (Å²) >= 11 is 0. The summed E-state index contributed by atoms with van der Waals surface area (Å²) in [6, 6.07) is 5.26. The molecule has 6 nitrogen and oxygen atoms in total. The van der Waals surface area contributed by atoms with Gasteiger partial charge in [-0.15, -0.1) is 0 Å². The lowest BCUT2D eigenvalue weighted by molar-refractivity contribution is 0.155. The number of cyclic esters (lactones) is 1. The molecule has 0 bridgehead atoms. The molecule has 0 unspecified atom stereocenters.